The third-order valence-corrected chi connectivity index (χ3v) is 3.85. The van der Waals surface area contributed by atoms with Gasteiger partial charge >= 0.3 is 6.03 Å². The van der Waals surface area contributed by atoms with E-state index in [1.54, 1.807) is 21.9 Å². The summed E-state index contributed by atoms with van der Waals surface area (Å²) in [7, 11) is 0. The van der Waals surface area contributed by atoms with Gasteiger partial charge in [-0.25, -0.2) is 9.18 Å². The zero-order chi connectivity index (χ0) is 16.8. The maximum atomic E-state index is 12.9. The molecule has 0 bridgehead atoms. The zero-order valence-electron chi connectivity index (χ0n) is 13.7. The van der Waals surface area contributed by atoms with Crippen LogP contribution in [0, 0.1) is 11.7 Å². The maximum Gasteiger partial charge on any atom is 0.320 e. The van der Waals surface area contributed by atoms with Gasteiger partial charge in [0, 0.05) is 26.2 Å². The molecule has 1 fully saturated rings. The van der Waals surface area contributed by atoms with E-state index in [0.29, 0.717) is 32.1 Å². The molecule has 2 rings (SSSR count). The molecule has 5 nitrogen and oxygen atoms in total. The molecule has 1 heterocycles. The van der Waals surface area contributed by atoms with E-state index in [-0.39, 0.29) is 24.3 Å². The van der Waals surface area contributed by atoms with Crippen LogP contribution in [0.5, 0.6) is 0 Å². The minimum Gasteiger partial charge on any atom is -0.355 e. The average molecular weight is 321 g/mol. The number of benzene rings is 1. The summed E-state index contributed by atoms with van der Waals surface area (Å²) in [6.07, 6.45) is 0.927. The fourth-order valence-corrected chi connectivity index (χ4v) is 2.47. The summed E-state index contributed by atoms with van der Waals surface area (Å²) in [4.78, 5) is 27.4. The lowest BCUT2D eigenvalue weighted by Gasteiger charge is -2.18. The second-order valence-corrected chi connectivity index (χ2v) is 6.28. The number of urea groups is 1. The van der Waals surface area contributed by atoms with Crippen LogP contribution in [-0.4, -0.2) is 47.9 Å². The van der Waals surface area contributed by atoms with E-state index in [0.717, 1.165) is 12.0 Å². The van der Waals surface area contributed by atoms with Gasteiger partial charge in [-0.3, -0.25) is 4.79 Å². The Morgan fingerprint density at radius 2 is 1.87 bits per heavy atom. The Hall–Kier alpha value is -2.11. The van der Waals surface area contributed by atoms with E-state index in [2.05, 4.69) is 19.2 Å². The van der Waals surface area contributed by atoms with Crippen LogP contribution in [-0.2, 0) is 11.3 Å². The van der Waals surface area contributed by atoms with Crippen molar-refractivity contribution in [2.24, 2.45) is 5.92 Å². The molecule has 1 aliphatic heterocycles. The average Bonchev–Trinajstić information content (AvgIpc) is 2.82. The second kappa shape index (κ2) is 7.94. The normalized spacial score (nSPS) is 14.7. The Kier molecular flexibility index (Phi) is 5.96. The topological polar surface area (TPSA) is 52.7 Å². The van der Waals surface area contributed by atoms with Crippen molar-refractivity contribution in [1.82, 2.24) is 15.1 Å². The summed E-state index contributed by atoms with van der Waals surface area (Å²) < 4.78 is 12.9. The summed E-state index contributed by atoms with van der Waals surface area (Å²) >= 11 is 0. The van der Waals surface area contributed by atoms with Gasteiger partial charge in [-0.2, -0.15) is 0 Å². The van der Waals surface area contributed by atoms with Crippen molar-refractivity contribution in [1.29, 1.82) is 0 Å². The Balaban J connectivity index is 1.79. The summed E-state index contributed by atoms with van der Waals surface area (Å²) in [6, 6.07) is 5.97. The minimum atomic E-state index is -0.291. The highest BCUT2D eigenvalue weighted by atomic mass is 19.1. The molecule has 3 amide bonds. The molecule has 0 saturated carbocycles. The lowest BCUT2D eigenvalue weighted by Crippen LogP contribution is -2.40. The first kappa shape index (κ1) is 17.2. The standard InChI is InChI=1S/C17H24FN3O2/c1-13(2)7-8-19-16(22)12-21-10-9-20(17(21)23)11-14-3-5-15(18)6-4-14/h3-6,13H,7-12H2,1-2H3,(H,19,22). The monoisotopic (exact) mass is 321 g/mol. The number of carbonyl (C=O) groups is 2. The maximum absolute atomic E-state index is 12.9. The molecule has 1 N–H and O–H groups in total. The molecular formula is C17H24FN3O2. The molecule has 126 valence electrons. The van der Waals surface area contributed by atoms with Gasteiger partial charge in [0.25, 0.3) is 0 Å². The van der Waals surface area contributed by atoms with E-state index in [1.807, 2.05) is 0 Å². The Morgan fingerprint density at radius 1 is 1.22 bits per heavy atom. The molecule has 0 unspecified atom stereocenters. The van der Waals surface area contributed by atoms with E-state index in [4.69, 9.17) is 0 Å². The first-order valence-corrected chi connectivity index (χ1v) is 8.00. The van der Waals surface area contributed by atoms with Gasteiger partial charge in [0.1, 0.15) is 12.4 Å². The van der Waals surface area contributed by atoms with Gasteiger partial charge in [-0.05, 0) is 30.0 Å². The molecule has 1 aromatic carbocycles. The van der Waals surface area contributed by atoms with Crippen molar-refractivity contribution in [2.75, 3.05) is 26.2 Å². The molecule has 1 saturated heterocycles. The smallest absolute Gasteiger partial charge is 0.320 e. The second-order valence-electron chi connectivity index (χ2n) is 6.28. The summed E-state index contributed by atoms with van der Waals surface area (Å²) in [5, 5.41) is 2.84. The molecule has 0 aromatic heterocycles. The predicted molar refractivity (Wildman–Crippen MR) is 86.2 cm³/mol. The third-order valence-electron chi connectivity index (χ3n) is 3.85. The molecule has 0 aliphatic carbocycles. The Morgan fingerprint density at radius 3 is 2.52 bits per heavy atom. The fraction of sp³-hybridized carbons (Fsp3) is 0.529. The van der Waals surface area contributed by atoms with Gasteiger partial charge in [-0.15, -0.1) is 0 Å². The minimum absolute atomic E-state index is 0.0941. The first-order chi connectivity index (χ1) is 11.0. The van der Waals surface area contributed by atoms with Crippen molar-refractivity contribution >= 4 is 11.9 Å². The molecule has 0 atom stereocenters. The van der Waals surface area contributed by atoms with Gasteiger partial charge in [0.05, 0.1) is 0 Å². The van der Waals surface area contributed by atoms with Crippen LogP contribution in [0.1, 0.15) is 25.8 Å². The largest absolute Gasteiger partial charge is 0.355 e. The van der Waals surface area contributed by atoms with Crippen LogP contribution < -0.4 is 5.32 Å². The SMILES string of the molecule is CC(C)CCNC(=O)CN1CCN(Cc2ccc(F)cc2)C1=O. The molecule has 6 heteroatoms. The van der Waals surface area contributed by atoms with Gasteiger partial charge < -0.3 is 15.1 Å². The van der Waals surface area contributed by atoms with Crippen molar-refractivity contribution < 1.29 is 14.0 Å². The molecule has 0 radical (unpaired) electrons. The van der Waals surface area contributed by atoms with Gasteiger partial charge in [-0.1, -0.05) is 26.0 Å². The molecule has 23 heavy (non-hydrogen) atoms. The van der Waals surface area contributed by atoms with E-state index >= 15 is 0 Å². The number of hydrogen-bond acceptors (Lipinski definition) is 2. The fourth-order valence-electron chi connectivity index (χ4n) is 2.47. The highest BCUT2D eigenvalue weighted by molar-refractivity contribution is 5.85. The Bertz CT molecular complexity index is 545. The Labute approximate surface area is 136 Å². The van der Waals surface area contributed by atoms with E-state index in [9.17, 15) is 14.0 Å². The lowest BCUT2D eigenvalue weighted by molar-refractivity contribution is -0.121. The summed E-state index contributed by atoms with van der Waals surface area (Å²) in [6.45, 7) is 6.49. The zero-order valence-corrected chi connectivity index (χ0v) is 13.7. The highest BCUT2D eigenvalue weighted by Crippen LogP contribution is 2.13. The van der Waals surface area contributed by atoms with Gasteiger partial charge in [0.15, 0.2) is 0 Å². The number of rotatable bonds is 7. The number of amides is 3. The number of carbonyl (C=O) groups excluding carboxylic acids is 2. The number of halogens is 1. The quantitative estimate of drug-likeness (QED) is 0.837. The van der Waals surface area contributed by atoms with Crippen LogP contribution in [0.15, 0.2) is 24.3 Å². The van der Waals surface area contributed by atoms with Crippen LogP contribution >= 0.6 is 0 Å². The van der Waals surface area contributed by atoms with E-state index in [1.165, 1.54) is 12.1 Å². The van der Waals surface area contributed by atoms with Crippen molar-refractivity contribution in [3.63, 3.8) is 0 Å². The van der Waals surface area contributed by atoms with Crippen molar-refractivity contribution in [2.45, 2.75) is 26.8 Å². The lowest BCUT2D eigenvalue weighted by atomic mass is 10.1. The van der Waals surface area contributed by atoms with Crippen LogP contribution in [0.25, 0.3) is 0 Å². The van der Waals surface area contributed by atoms with Gasteiger partial charge in [0.2, 0.25) is 5.91 Å². The molecular weight excluding hydrogens is 297 g/mol. The third kappa shape index (κ3) is 5.23. The van der Waals surface area contributed by atoms with Crippen molar-refractivity contribution in [3.8, 4) is 0 Å². The number of nitrogens with zero attached hydrogens (tertiary/aromatic N) is 2. The summed E-state index contributed by atoms with van der Waals surface area (Å²) in [5.41, 5.74) is 0.878. The van der Waals surface area contributed by atoms with Crippen LogP contribution in [0.4, 0.5) is 9.18 Å². The number of hydrogen-bond donors (Lipinski definition) is 1. The first-order valence-electron chi connectivity index (χ1n) is 8.00. The molecule has 1 aliphatic rings. The molecule has 1 aromatic rings. The predicted octanol–water partition coefficient (Wildman–Crippen LogP) is 2.23. The van der Waals surface area contributed by atoms with Crippen molar-refractivity contribution in [3.05, 3.63) is 35.6 Å². The highest BCUT2D eigenvalue weighted by Gasteiger charge is 2.29. The number of nitrogens with one attached hydrogen (secondary N) is 1. The summed E-state index contributed by atoms with van der Waals surface area (Å²) in [5.74, 6) is 0.124. The molecule has 0 spiro atoms. The van der Waals surface area contributed by atoms with Crippen LogP contribution in [0.2, 0.25) is 0 Å². The van der Waals surface area contributed by atoms with E-state index < -0.39 is 0 Å². The van der Waals surface area contributed by atoms with Crippen LogP contribution in [0.3, 0.4) is 0 Å².